The molecule has 10 nitrogen and oxygen atoms in total. The first-order valence-electron chi connectivity index (χ1n) is 11.9. The van der Waals surface area contributed by atoms with Gasteiger partial charge in [0.25, 0.3) is 5.91 Å². The molecule has 0 aromatic heterocycles. The number of aryl methyl sites for hydroxylation is 1. The van der Waals surface area contributed by atoms with Crippen molar-refractivity contribution in [1.29, 1.82) is 0 Å². The Morgan fingerprint density at radius 2 is 1.89 bits per heavy atom. The number of hydrogen-bond donors (Lipinski definition) is 2. The molecule has 2 aliphatic heterocycles. The van der Waals surface area contributed by atoms with Gasteiger partial charge < -0.3 is 24.8 Å². The van der Waals surface area contributed by atoms with Crippen LogP contribution in [0, 0.1) is 5.82 Å². The molecule has 4 rings (SSSR count). The van der Waals surface area contributed by atoms with E-state index in [1.807, 2.05) is 0 Å². The zero-order valence-corrected chi connectivity index (χ0v) is 21.5. The van der Waals surface area contributed by atoms with E-state index in [1.54, 1.807) is 24.3 Å². The molecule has 0 unspecified atom stereocenters. The molecule has 1 saturated heterocycles. The Balaban J connectivity index is 1.63. The van der Waals surface area contributed by atoms with Gasteiger partial charge in [-0.2, -0.15) is 4.31 Å². The second-order valence-electron chi connectivity index (χ2n) is 9.09. The van der Waals surface area contributed by atoms with Crippen LogP contribution in [0.1, 0.15) is 24.0 Å². The minimum absolute atomic E-state index is 0.00766. The SMILES string of the molecule is COc1ccc2cc1OCC(=O)N[C@@H]1CN(S(C)(=O)=O)CC[C@H]1Oc1cc(F)cc(c1)CNC(=O)CC2. The van der Waals surface area contributed by atoms with Gasteiger partial charge in [0, 0.05) is 38.5 Å². The van der Waals surface area contributed by atoms with Gasteiger partial charge in [-0.1, -0.05) is 6.07 Å². The van der Waals surface area contributed by atoms with Gasteiger partial charge in [-0.25, -0.2) is 12.8 Å². The first kappa shape index (κ1) is 26.7. The predicted molar refractivity (Wildman–Crippen MR) is 132 cm³/mol. The van der Waals surface area contributed by atoms with Gasteiger partial charge in [-0.05, 0) is 41.8 Å². The zero-order valence-electron chi connectivity index (χ0n) is 20.7. The van der Waals surface area contributed by atoms with Gasteiger partial charge in [0.05, 0.1) is 19.4 Å². The molecule has 12 heteroatoms. The average Bonchev–Trinajstić information content (AvgIpc) is 2.84. The number of amides is 2. The number of ether oxygens (including phenoxy) is 3. The van der Waals surface area contributed by atoms with Crippen LogP contribution in [0.25, 0.3) is 0 Å². The van der Waals surface area contributed by atoms with Gasteiger partial charge in [-0.3, -0.25) is 9.59 Å². The average molecular weight is 536 g/mol. The molecule has 0 radical (unpaired) electrons. The van der Waals surface area contributed by atoms with E-state index in [9.17, 15) is 22.4 Å². The smallest absolute Gasteiger partial charge is 0.258 e. The Hall–Kier alpha value is -3.38. The van der Waals surface area contributed by atoms with Crippen molar-refractivity contribution in [2.24, 2.45) is 0 Å². The number of carbonyl (C=O) groups is 2. The molecule has 2 atom stereocenters. The molecule has 4 bridgehead atoms. The molecule has 2 aromatic carbocycles. The number of benzene rings is 2. The van der Waals surface area contributed by atoms with Crippen LogP contribution in [0.2, 0.25) is 0 Å². The Labute approximate surface area is 215 Å². The lowest BCUT2D eigenvalue weighted by Crippen LogP contribution is -2.58. The van der Waals surface area contributed by atoms with Crippen LogP contribution in [-0.4, -0.2) is 69.7 Å². The maximum Gasteiger partial charge on any atom is 0.258 e. The molecule has 0 spiro atoms. The number of rotatable bonds is 2. The van der Waals surface area contributed by atoms with E-state index in [4.69, 9.17) is 14.2 Å². The molecule has 0 saturated carbocycles. The highest BCUT2D eigenvalue weighted by molar-refractivity contribution is 7.88. The summed E-state index contributed by atoms with van der Waals surface area (Å²) in [5, 5.41) is 5.60. The van der Waals surface area contributed by atoms with Crippen molar-refractivity contribution in [1.82, 2.24) is 14.9 Å². The fourth-order valence-corrected chi connectivity index (χ4v) is 5.24. The topological polar surface area (TPSA) is 123 Å². The molecule has 2 amide bonds. The molecule has 37 heavy (non-hydrogen) atoms. The first-order valence-corrected chi connectivity index (χ1v) is 13.7. The fourth-order valence-electron chi connectivity index (χ4n) is 4.38. The molecular formula is C25H30FN3O7S. The van der Waals surface area contributed by atoms with E-state index in [0.717, 1.165) is 11.8 Å². The molecule has 2 aromatic rings. The van der Waals surface area contributed by atoms with E-state index < -0.39 is 33.9 Å². The summed E-state index contributed by atoms with van der Waals surface area (Å²) >= 11 is 0. The van der Waals surface area contributed by atoms with Crippen LogP contribution in [-0.2, 0) is 32.6 Å². The number of hydrogen-bond acceptors (Lipinski definition) is 7. The van der Waals surface area contributed by atoms with E-state index >= 15 is 0 Å². The Morgan fingerprint density at radius 1 is 1.08 bits per heavy atom. The maximum atomic E-state index is 14.3. The second-order valence-corrected chi connectivity index (χ2v) is 11.1. The van der Waals surface area contributed by atoms with E-state index in [0.29, 0.717) is 23.5 Å². The minimum Gasteiger partial charge on any atom is -0.493 e. The van der Waals surface area contributed by atoms with Crippen LogP contribution in [0.5, 0.6) is 17.2 Å². The third-order valence-electron chi connectivity index (χ3n) is 6.26. The minimum atomic E-state index is -3.50. The molecule has 2 aliphatic rings. The predicted octanol–water partition coefficient (Wildman–Crippen LogP) is 1.37. The van der Waals surface area contributed by atoms with E-state index in [-0.39, 0.29) is 50.7 Å². The lowest BCUT2D eigenvalue weighted by molar-refractivity contribution is -0.125. The highest BCUT2D eigenvalue weighted by Gasteiger charge is 2.35. The molecule has 2 N–H and O–H groups in total. The summed E-state index contributed by atoms with van der Waals surface area (Å²) in [6.45, 7) is -0.0655. The van der Waals surface area contributed by atoms with Gasteiger partial charge in [-0.15, -0.1) is 0 Å². The van der Waals surface area contributed by atoms with Crippen molar-refractivity contribution in [2.75, 3.05) is 33.1 Å². The summed E-state index contributed by atoms with van der Waals surface area (Å²) in [6, 6.07) is 8.64. The number of nitrogens with one attached hydrogen (secondary N) is 2. The lowest BCUT2D eigenvalue weighted by Gasteiger charge is -2.37. The molecule has 200 valence electrons. The number of methoxy groups -OCH3 is 1. The van der Waals surface area contributed by atoms with Crippen LogP contribution in [0.15, 0.2) is 36.4 Å². The fraction of sp³-hybridized carbons (Fsp3) is 0.440. The Morgan fingerprint density at radius 3 is 2.65 bits per heavy atom. The first-order chi connectivity index (χ1) is 17.6. The highest BCUT2D eigenvalue weighted by Crippen LogP contribution is 2.29. The quantitative estimate of drug-likeness (QED) is 0.596. The Bertz CT molecular complexity index is 1270. The van der Waals surface area contributed by atoms with Crippen molar-refractivity contribution < 1.29 is 36.6 Å². The lowest BCUT2D eigenvalue weighted by atomic mass is 10.0. The second kappa shape index (κ2) is 11.3. The van der Waals surface area contributed by atoms with Crippen LogP contribution in [0.4, 0.5) is 4.39 Å². The number of carbonyl (C=O) groups excluding carboxylic acids is 2. The van der Waals surface area contributed by atoms with Crippen molar-refractivity contribution in [3.63, 3.8) is 0 Å². The molecule has 2 heterocycles. The van der Waals surface area contributed by atoms with Crippen LogP contribution >= 0.6 is 0 Å². The van der Waals surface area contributed by atoms with Crippen molar-refractivity contribution >= 4 is 21.8 Å². The molecule has 0 aliphatic carbocycles. The summed E-state index contributed by atoms with van der Waals surface area (Å²) in [5.74, 6) is -0.238. The summed E-state index contributed by atoms with van der Waals surface area (Å²) in [6.07, 6.45) is 1.37. The number of piperidine rings is 1. The monoisotopic (exact) mass is 535 g/mol. The van der Waals surface area contributed by atoms with Gasteiger partial charge in [0.1, 0.15) is 17.7 Å². The third kappa shape index (κ3) is 7.10. The normalized spacial score (nSPS) is 21.7. The van der Waals surface area contributed by atoms with Crippen LogP contribution in [0.3, 0.4) is 0 Å². The van der Waals surface area contributed by atoms with Crippen molar-refractivity contribution in [3.05, 3.63) is 53.3 Å². The molecular weight excluding hydrogens is 505 g/mol. The number of halogens is 1. The third-order valence-corrected chi connectivity index (χ3v) is 7.53. The zero-order chi connectivity index (χ0) is 26.6. The number of fused-ring (bicyclic) bond motifs is 5. The van der Waals surface area contributed by atoms with Gasteiger partial charge in [0.2, 0.25) is 15.9 Å². The van der Waals surface area contributed by atoms with Gasteiger partial charge in [0.15, 0.2) is 18.1 Å². The highest BCUT2D eigenvalue weighted by atomic mass is 32.2. The summed E-state index contributed by atoms with van der Waals surface area (Å²) in [7, 11) is -2.02. The molecule has 1 fully saturated rings. The standard InChI is InChI=1S/C25H30FN3O7S/c1-34-22-5-3-16-4-6-24(30)27-13-17-9-18(26)12-19(10-17)36-21-7-8-29(37(2,32)33)14-20(21)28-25(31)15-35-23(22)11-16/h3,5,9-12,20-21H,4,6-8,13-15H2,1-2H3,(H,27,30)(H,28,31)/t20-,21-/m1/s1. The summed E-state index contributed by atoms with van der Waals surface area (Å²) < 4.78 is 57.0. The maximum absolute atomic E-state index is 14.3. The van der Waals surface area contributed by atoms with E-state index in [1.165, 1.54) is 23.5 Å². The van der Waals surface area contributed by atoms with Crippen molar-refractivity contribution in [3.8, 4) is 17.2 Å². The summed E-state index contributed by atoms with van der Waals surface area (Å²) in [4.78, 5) is 25.3. The Kier molecular flexibility index (Phi) is 8.18. The number of nitrogens with zero attached hydrogens (tertiary/aromatic N) is 1. The van der Waals surface area contributed by atoms with Crippen LogP contribution < -0.4 is 24.8 Å². The largest absolute Gasteiger partial charge is 0.493 e. The number of sulfonamides is 1. The van der Waals surface area contributed by atoms with Gasteiger partial charge >= 0.3 is 0 Å². The van der Waals surface area contributed by atoms with E-state index in [2.05, 4.69) is 10.6 Å². The summed E-state index contributed by atoms with van der Waals surface area (Å²) in [5.41, 5.74) is 1.32. The van der Waals surface area contributed by atoms with Crippen molar-refractivity contribution in [2.45, 2.75) is 38.0 Å².